The topological polar surface area (TPSA) is 64.6 Å². The second kappa shape index (κ2) is 21.4. The van der Waals surface area contributed by atoms with Gasteiger partial charge in [-0.3, -0.25) is 0 Å². The van der Waals surface area contributed by atoms with Crippen molar-refractivity contribution in [1.29, 1.82) is 0 Å². The summed E-state index contributed by atoms with van der Waals surface area (Å²) >= 11 is 6.83. The highest BCUT2D eigenvalue weighted by Gasteiger charge is 2.48. The van der Waals surface area contributed by atoms with Gasteiger partial charge in [0.05, 0.1) is 19.8 Å². The normalized spacial score (nSPS) is 24.5. The minimum atomic E-state index is -0.357. The molecule has 7 nitrogen and oxygen atoms in total. The zero-order valence-corrected chi connectivity index (χ0v) is 30.0. The molecule has 2 aromatic rings. The third-order valence-electron chi connectivity index (χ3n) is 8.89. The van der Waals surface area contributed by atoms with E-state index in [-0.39, 0.29) is 36.6 Å². The molecule has 0 aromatic heterocycles. The van der Waals surface area contributed by atoms with Crippen molar-refractivity contribution in [2.75, 3.05) is 46.2 Å². The molecule has 0 amide bonds. The summed E-state index contributed by atoms with van der Waals surface area (Å²) in [7, 11) is 0. The van der Waals surface area contributed by atoms with Gasteiger partial charge in [0, 0.05) is 37.9 Å². The van der Waals surface area contributed by atoms with Gasteiger partial charge in [0.1, 0.15) is 42.4 Å². The van der Waals surface area contributed by atoms with Gasteiger partial charge < -0.3 is 33.2 Å². The Morgan fingerprint density at radius 3 is 2.02 bits per heavy atom. The molecule has 2 heterocycles. The number of halogens is 1. The van der Waals surface area contributed by atoms with Crippen LogP contribution in [0, 0.1) is 0 Å². The Morgan fingerprint density at radius 2 is 1.38 bits per heavy atom. The molecule has 0 spiro atoms. The molecule has 8 heteroatoms. The molecule has 6 atom stereocenters. The zero-order valence-electron chi connectivity index (χ0n) is 29.3. The molecule has 0 aliphatic carbocycles. The van der Waals surface area contributed by atoms with Crippen molar-refractivity contribution in [1.82, 2.24) is 0 Å². The smallest absolute Gasteiger partial charge is 0.124 e. The van der Waals surface area contributed by atoms with E-state index in [1.54, 1.807) is 0 Å². The molecule has 2 fully saturated rings. The van der Waals surface area contributed by atoms with E-state index in [2.05, 4.69) is 52.0 Å². The summed E-state index contributed by atoms with van der Waals surface area (Å²) in [5.41, 5.74) is 3.23. The second-order valence-electron chi connectivity index (χ2n) is 12.9. The van der Waals surface area contributed by atoms with Crippen LogP contribution in [0.1, 0.15) is 108 Å². The van der Waals surface area contributed by atoms with Crippen molar-refractivity contribution in [3.63, 3.8) is 0 Å². The van der Waals surface area contributed by atoms with Gasteiger partial charge in [-0.15, -0.1) is 0 Å². The van der Waals surface area contributed by atoms with E-state index in [1.165, 1.54) is 0 Å². The SMILES string of the molecule is CCCCOC[C@H]1O[C@@H](c2ccc(Cl)c(Cc3ccc(O[C@H]4CCOC4)cc3)c2)[C@H](OCCCC)[C@@H](OCCCC)[C@@H]1OCCCC. The summed E-state index contributed by atoms with van der Waals surface area (Å²) in [6.45, 7) is 13.2. The molecule has 47 heavy (non-hydrogen) atoms. The highest BCUT2D eigenvalue weighted by molar-refractivity contribution is 6.31. The van der Waals surface area contributed by atoms with Crippen LogP contribution in [0.25, 0.3) is 0 Å². The minimum Gasteiger partial charge on any atom is -0.488 e. The molecular formula is C39H59ClO7. The average Bonchev–Trinajstić information content (AvgIpc) is 3.60. The van der Waals surface area contributed by atoms with E-state index in [0.717, 1.165) is 91.9 Å². The Bertz CT molecular complexity index is 1120. The molecule has 2 aliphatic rings. The van der Waals surface area contributed by atoms with Crippen molar-refractivity contribution in [2.45, 2.75) is 129 Å². The molecule has 2 aliphatic heterocycles. The molecule has 0 radical (unpaired) electrons. The zero-order chi connectivity index (χ0) is 33.3. The Hall–Kier alpha value is -1.71. The number of ether oxygens (including phenoxy) is 7. The lowest BCUT2D eigenvalue weighted by molar-refractivity contribution is -0.268. The number of hydrogen-bond acceptors (Lipinski definition) is 7. The summed E-state index contributed by atoms with van der Waals surface area (Å²) in [6, 6.07) is 14.5. The quantitative estimate of drug-likeness (QED) is 0.116. The summed E-state index contributed by atoms with van der Waals surface area (Å²) in [5.74, 6) is 0.865. The van der Waals surface area contributed by atoms with Crippen LogP contribution in [-0.4, -0.2) is 76.8 Å². The van der Waals surface area contributed by atoms with E-state index >= 15 is 0 Å². The second-order valence-corrected chi connectivity index (χ2v) is 13.3. The lowest BCUT2D eigenvalue weighted by atomic mass is 9.89. The van der Waals surface area contributed by atoms with Crippen LogP contribution in [0.3, 0.4) is 0 Å². The van der Waals surface area contributed by atoms with Crippen molar-refractivity contribution in [3.05, 3.63) is 64.2 Å². The summed E-state index contributed by atoms with van der Waals surface area (Å²) in [4.78, 5) is 0. The van der Waals surface area contributed by atoms with E-state index in [4.69, 9.17) is 44.8 Å². The maximum absolute atomic E-state index is 6.98. The Labute approximate surface area is 288 Å². The Balaban J connectivity index is 1.60. The predicted molar refractivity (Wildman–Crippen MR) is 188 cm³/mol. The van der Waals surface area contributed by atoms with E-state index in [1.807, 2.05) is 18.2 Å². The molecule has 2 aromatic carbocycles. The number of hydrogen-bond donors (Lipinski definition) is 0. The lowest BCUT2D eigenvalue weighted by Crippen LogP contribution is -2.58. The van der Waals surface area contributed by atoms with E-state index in [0.29, 0.717) is 46.1 Å². The van der Waals surface area contributed by atoms with Crippen LogP contribution in [0.5, 0.6) is 5.75 Å². The van der Waals surface area contributed by atoms with Gasteiger partial charge in [-0.2, -0.15) is 0 Å². The third kappa shape index (κ3) is 12.0. The maximum Gasteiger partial charge on any atom is 0.124 e. The summed E-state index contributed by atoms with van der Waals surface area (Å²) in [6.07, 6.45) is 8.39. The standard InChI is InChI=1S/C39H59ClO7/c1-5-9-20-41-28-35-37(43-21-10-6-2)39(45-23-12-8-4)38(44-22-11-7-3)36(47-35)30-15-18-34(40)31(26-30)25-29-13-16-32(17-14-29)46-33-19-24-42-27-33/h13-18,26,33,35-39H,5-12,19-25,27-28H2,1-4H3/t33-,35+,36-,37+,38-,39-/m0/s1. The largest absolute Gasteiger partial charge is 0.488 e. The first-order valence-corrected chi connectivity index (χ1v) is 18.6. The van der Waals surface area contributed by atoms with Gasteiger partial charge in [-0.05, 0) is 67.0 Å². The molecule has 0 N–H and O–H groups in total. The maximum atomic E-state index is 6.98. The van der Waals surface area contributed by atoms with Gasteiger partial charge in [-0.25, -0.2) is 0 Å². The van der Waals surface area contributed by atoms with E-state index < -0.39 is 0 Å². The van der Waals surface area contributed by atoms with Crippen molar-refractivity contribution >= 4 is 11.6 Å². The number of unbranched alkanes of at least 4 members (excludes halogenated alkanes) is 4. The van der Waals surface area contributed by atoms with Crippen LogP contribution in [0.15, 0.2) is 42.5 Å². The van der Waals surface area contributed by atoms with Crippen LogP contribution >= 0.6 is 11.6 Å². The number of benzene rings is 2. The predicted octanol–water partition coefficient (Wildman–Crippen LogP) is 8.91. The average molecular weight is 675 g/mol. The first-order valence-electron chi connectivity index (χ1n) is 18.3. The van der Waals surface area contributed by atoms with Crippen LogP contribution in [-0.2, 0) is 34.8 Å². The summed E-state index contributed by atoms with van der Waals surface area (Å²) < 4.78 is 44.7. The van der Waals surface area contributed by atoms with Crippen LogP contribution in [0.4, 0.5) is 0 Å². The summed E-state index contributed by atoms with van der Waals surface area (Å²) in [5, 5.41) is 0.729. The number of rotatable bonds is 22. The minimum absolute atomic E-state index is 0.127. The molecule has 0 unspecified atom stereocenters. The Kier molecular flexibility index (Phi) is 17.3. The lowest BCUT2D eigenvalue weighted by Gasteiger charge is -2.46. The molecule has 2 saturated heterocycles. The van der Waals surface area contributed by atoms with Gasteiger partial charge in [-0.1, -0.05) is 89.2 Å². The van der Waals surface area contributed by atoms with Crippen LogP contribution < -0.4 is 4.74 Å². The van der Waals surface area contributed by atoms with Crippen molar-refractivity contribution < 1.29 is 33.2 Å². The molecular weight excluding hydrogens is 616 g/mol. The van der Waals surface area contributed by atoms with Gasteiger partial charge in [0.25, 0.3) is 0 Å². The Morgan fingerprint density at radius 1 is 0.745 bits per heavy atom. The van der Waals surface area contributed by atoms with Crippen LogP contribution in [0.2, 0.25) is 5.02 Å². The van der Waals surface area contributed by atoms with Crippen molar-refractivity contribution in [2.24, 2.45) is 0 Å². The van der Waals surface area contributed by atoms with Gasteiger partial charge in [0.2, 0.25) is 0 Å². The van der Waals surface area contributed by atoms with Gasteiger partial charge in [0.15, 0.2) is 0 Å². The molecule has 4 rings (SSSR count). The first kappa shape index (κ1) is 38.1. The van der Waals surface area contributed by atoms with Gasteiger partial charge >= 0.3 is 0 Å². The third-order valence-corrected chi connectivity index (χ3v) is 9.26. The molecule has 264 valence electrons. The fourth-order valence-electron chi connectivity index (χ4n) is 6.04. The van der Waals surface area contributed by atoms with E-state index in [9.17, 15) is 0 Å². The fourth-order valence-corrected chi connectivity index (χ4v) is 6.22. The van der Waals surface area contributed by atoms with Crippen molar-refractivity contribution in [3.8, 4) is 5.75 Å². The highest BCUT2D eigenvalue weighted by atomic mass is 35.5. The molecule has 0 saturated carbocycles. The monoisotopic (exact) mass is 674 g/mol. The highest BCUT2D eigenvalue weighted by Crippen LogP contribution is 2.39. The first-order chi connectivity index (χ1) is 23.1. The fraction of sp³-hybridized carbons (Fsp3) is 0.692. The molecule has 0 bridgehead atoms.